The number of fused-ring (bicyclic) bond motifs is 1. The van der Waals surface area contributed by atoms with E-state index in [2.05, 4.69) is 5.16 Å². The van der Waals surface area contributed by atoms with E-state index in [4.69, 9.17) is 9.26 Å². The molecule has 1 aromatic carbocycles. The number of phenols is 1. The molecule has 0 radical (unpaired) electrons. The van der Waals surface area contributed by atoms with Crippen LogP contribution in [0.4, 0.5) is 4.79 Å². The summed E-state index contributed by atoms with van der Waals surface area (Å²) in [7, 11) is 0. The molecule has 1 fully saturated rings. The highest BCUT2D eigenvalue weighted by Gasteiger charge is 2.27. The Balaban J connectivity index is 1.55. The van der Waals surface area contributed by atoms with Crippen LogP contribution in [0.15, 0.2) is 16.7 Å². The van der Waals surface area contributed by atoms with Gasteiger partial charge in [-0.3, -0.25) is 0 Å². The zero-order valence-electron chi connectivity index (χ0n) is 16.7. The van der Waals surface area contributed by atoms with E-state index in [9.17, 15) is 9.90 Å². The lowest BCUT2D eigenvalue weighted by Gasteiger charge is -2.33. The third kappa shape index (κ3) is 4.54. The summed E-state index contributed by atoms with van der Waals surface area (Å²) in [6, 6.07) is 3.61. The summed E-state index contributed by atoms with van der Waals surface area (Å²) in [6.07, 6.45) is 4.33. The number of phenolic OH excluding ortho intramolecular Hbond substituents is 1. The van der Waals surface area contributed by atoms with Gasteiger partial charge in [0.25, 0.3) is 0 Å². The first-order valence-corrected chi connectivity index (χ1v) is 9.85. The molecule has 2 heterocycles. The number of carbonyl (C=O) groups excluding carboxylic acids is 1. The van der Waals surface area contributed by atoms with Gasteiger partial charge in [-0.15, -0.1) is 0 Å². The average Bonchev–Trinajstić information content (AvgIpc) is 3.02. The molecule has 6 heteroatoms. The third-order valence-electron chi connectivity index (χ3n) is 5.20. The Morgan fingerprint density at radius 3 is 2.67 bits per heavy atom. The molecule has 1 N–H and O–H groups in total. The summed E-state index contributed by atoms with van der Waals surface area (Å²) in [4.78, 5) is 14.0. The molecule has 27 heavy (non-hydrogen) atoms. The van der Waals surface area contributed by atoms with Crippen LogP contribution in [0, 0.1) is 5.92 Å². The number of benzene rings is 1. The lowest BCUT2D eigenvalue weighted by molar-refractivity contribution is 0.0181. The molecule has 0 unspecified atom stereocenters. The Morgan fingerprint density at radius 2 is 2.04 bits per heavy atom. The quantitative estimate of drug-likeness (QED) is 0.841. The molecular weight excluding hydrogens is 344 g/mol. The highest BCUT2D eigenvalue weighted by molar-refractivity contribution is 5.84. The van der Waals surface area contributed by atoms with Crippen molar-refractivity contribution in [3.63, 3.8) is 0 Å². The highest BCUT2D eigenvalue weighted by atomic mass is 16.6. The molecule has 0 bridgehead atoms. The molecule has 148 valence electrons. The molecule has 3 rings (SSSR count). The van der Waals surface area contributed by atoms with E-state index in [0.717, 1.165) is 55.4 Å². The number of carbonyl (C=O) groups is 1. The molecule has 1 saturated heterocycles. The minimum atomic E-state index is -0.451. The molecule has 1 aromatic heterocycles. The van der Waals surface area contributed by atoms with Crippen molar-refractivity contribution < 1.29 is 19.2 Å². The van der Waals surface area contributed by atoms with Crippen molar-refractivity contribution in [3.05, 3.63) is 23.4 Å². The topological polar surface area (TPSA) is 75.8 Å². The largest absolute Gasteiger partial charge is 0.508 e. The molecule has 0 atom stereocenters. The zero-order chi connectivity index (χ0) is 19.6. The Labute approximate surface area is 160 Å². The van der Waals surface area contributed by atoms with Crippen molar-refractivity contribution in [2.75, 3.05) is 13.1 Å². The van der Waals surface area contributed by atoms with Crippen LogP contribution >= 0.6 is 0 Å². The summed E-state index contributed by atoms with van der Waals surface area (Å²) in [5, 5.41) is 15.2. The van der Waals surface area contributed by atoms with Gasteiger partial charge in [0.15, 0.2) is 5.58 Å². The summed E-state index contributed by atoms with van der Waals surface area (Å²) in [5.74, 6) is 0.834. The first-order valence-electron chi connectivity index (χ1n) is 9.85. The molecule has 0 aliphatic carbocycles. The third-order valence-corrected chi connectivity index (χ3v) is 5.20. The number of hydrogen-bond donors (Lipinski definition) is 1. The van der Waals surface area contributed by atoms with Crippen molar-refractivity contribution >= 4 is 17.1 Å². The fourth-order valence-electron chi connectivity index (χ4n) is 3.69. The van der Waals surface area contributed by atoms with Gasteiger partial charge in [-0.1, -0.05) is 12.1 Å². The number of likely N-dealkylation sites (tertiary alicyclic amines) is 1. The van der Waals surface area contributed by atoms with E-state index < -0.39 is 5.60 Å². The molecule has 2 aromatic rings. The van der Waals surface area contributed by atoms with E-state index in [1.807, 2.05) is 38.7 Å². The minimum Gasteiger partial charge on any atom is -0.508 e. The summed E-state index contributed by atoms with van der Waals surface area (Å²) < 4.78 is 11.0. The number of aromatic hydroxyl groups is 1. The van der Waals surface area contributed by atoms with Gasteiger partial charge in [0.1, 0.15) is 11.4 Å². The van der Waals surface area contributed by atoms with E-state index in [-0.39, 0.29) is 11.8 Å². The normalized spacial score (nSPS) is 16.1. The lowest BCUT2D eigenvalue weighted by atomic mass is 9.91. The van der Waals surface area contributed by atoms with Crippen LogP contribution < -0.4 is 0 Å². The maximum Gasteiger partial charge on any atom is 0.410 e. The highest BCUT2D eigenvalue weighted by Crippen LogP contribution is 2.31. The van der Waals surface area contributed by atoms with Crippen molar-refractivity contribution in [2.24, 2.45) is 5.92 Å². The molecule has 0 saturated carbocycles. The standard InChI is InChI=1S/C21H30N2O4/c1-5-15-18(24)9-7-16-17(22-27-19(15)16)8-6-14-10-12-23(13-11-14)20(25)26-21(2,3)4/h7,9,14,24H,5-6,8,10-13H2,1-4H3. The molecule has 1 aliphatic heterocycles. The Kier molecular flexibility index (Phi) is 5.63. The Morgan fingerprint density at radius 1 is 1.33 bits per heavy atom. The molecule has 6 nitrogen and oxygen atoms in total. The van der Waals surface area contributed by atoms with Crippen molar-refractivity contribution in [3.8, 4) is 5.75 Å². The van der Waals surface area contributed by atoms with Crippen molar-refractivity contribution in [1.29, 1.82) is 0 Å². The maximum absolute atomic E-state index is 12.2. The number of aromatic nitrogens is 1. The van der Waals surface area contributed by atoms with Gasteiger partial charge in [-0.25, -0.2) is 4.79 Å². The Bertz CT molecular complexity index is 798. The first kappa shape index (κ1) is 19.5. The molecule has 0 spiro atoms. The van der Waals surface area contributed by atoms with E-state index in [1.54, 1.807) is 6.07 Å². The monoisotopic (exact) mass is 374 g/mol. The fourth-order valence-corrected chi connectivity index (χ4v) is 3.69. The van der Waals surface area contributed by atoms with Gasteiger partial charge in [0.05, 0.1) is 5.69 Å². The second kappa shape index (κ2) is 7.79. The SMILES string of the molecule is CCc1c(O)ccc2c(CCC3CCN(C(=O)OC(C)(C)C)CC3)noc12. The number of nitrogens with zero attached hydrogens (tertiary/aromatic N) is 2. The van der Waals surface area contributed by atoms with Gasteiger partial charge in [-0.2, -0.15) is 0 Å². The fraction of sp³-hybridized carbons (Fsp3) is 0.619. The first-order chi connectivity index (χ1) is 12.8. The van der Waals surface area contributed by atoms with Crippen LogP contribution in [-0.4, -0.2) is 39.9 Å². The second-order valence-corrected chi connectivity index (χ2v) is 8.37. The zero-order valence-corrected chi connectivity index (χ0v) is 16.7. The van der Waals surface area contributed by atoms with Crippen molar-refractivity contribution in [1.82, 2.24) is 10.1 Å². The van der Waals surface area contributed by atoms with Gasteiger partial charge < -0.3 is 19.3 Å². The number of aryl methyl sites for hydroxylation is 2. The van der Waals surface area contributed by atoms with Crippen LogP contribution in [0.1, 0.15) is 58.2 Å². The average molecular weight is 374 g/mol. The van der Waals surface area contributed by atoms with E-state index >= 15 is 0 Å². The maximum atomic E-state index is 12.2. The van der Waals surface area contributed by atoms with Crippen LogP contribution in [0.5, 0.6) is 5.75 Å². The van der Waals surface area contributed by atoms with Crippen LogP contribution in [0.3, 0.4) is 0 Å². The lowest BCUT2D eigenvalue weighted by Crippen LogP contribution is -2.41. The van der Waals surface area contributed by atoms with Crippen LogP contribution in [0.2, 0.25) is 0 Å². The van der Waals surface area contributed by atoms with Crippen LogP contribution in [-0.2, 0) is 17.6 Å². The Hall–Kier alpha value is -2.24. The molecule has 1 aliphatic rings. The van der Waals surface area contributed by atoms with E-state index in [1.165, 1.54) is 0 Å². The minimum absolute atomic E-state index is 0.213. The number of piperidine rings is 1. The summed E-state index contributed by atoms with van der Waals surface area (Å²) in [5.41, 5.74) is 2.02. The summed E-state index contributed by atoms with van der Waals surface area (Å²) >= 11 is 0. The van der Waals surface area contributed by atoms with Gasteiger partial charge >= 0.3 is 6.09 Å². The van der Waals surface area contributed by atoms with Gasteiger partial charge in [0, 0.05) is 24.0 Å². The number of ether oxygens (including phenoxy) is 1. The van der Waals surface area contributed by atoms with E-state index in [0.29, 0.717) is 17.9 Å². The van der Waals surface area contributed by atoms with Crippen LogP contribution in [0.25, 0.3) is 11.0 Å². The second-order valence-electron chi connectivity index (χ2n) is 8.37. The number of hydrogen-bond acceptors (Lipinski definition) is 5. The summed E-state index contributed by atoms with van der Waals surface area (Å²) in [6.45, 7) is 9.16. The van der Waals surface area contributed by atoms with Gasteiger partial charge in [-0.05, 0) is 70.9 Å². The molecule has 1 amide bonds. The number of amides is 1. The predicted octanol–water partition coefficient (Wildman–Crippen LogP) is 4.68. The van der Waals surface area contributed by atoms with Gasteiger partial charge in [0.2, 0.25) is 0 Å². The molecular formula is C21H30N2O4. The van der Waals surface area contributed by atoms with Crippen molar-refractivity contribution in [2.45, 2.75) is 65.4 Å². The number of rotatable bonds is 4. The smallest absolute Gasteiger partial charge is 0.410 e. The predicted molar refractivity (Wildman–Crippen MR) is 104 cm³/mol.